The number of carbonyl (C=O) groups is 2. The van der Waals surface area contributed by atoms with E-state index in [2.05, 4.69) is 18.7 Å². The first kappa shape index (κ1) is 21.2. The van der Waals surface area contributed by atoms with Crippen LogP contribution in [-0.2, 0) is 9.59 Å². The van der Waals surface area contributed by atoms with Gasteiger partial charge >= 0.3 is 11.9 Å². The highest BCUT2D eigenvalue weighted by atomic mass is 16.5. The smallest absolute Gasteiger partial charge is 0.331 e. The summed E-state index contributed by atoms with van der Waals surface area (Å²) in [4.78, 5) is 21.1. The Morgan fingerprint density at radius 2 is 1.57 bits per heavy atom. The van der Waals surface area contributed by atoms with Crippen LogP contribution in [-0.4, -0.2) is 22.2 Å². The molecule has 2 aliphatic carbocycles. The van der Waals surface area contributed by atoms with Crippen molar-refractivity contribution < 1.29 is 24.5 Å². The van der Waals surface area contributed by atoms with Crippen LogP contribution in [0.5, 0.6) is 5.75 Å². The first-order chi connectivity index (χ1) is 13.5. The average molecular weight is 382 g/mol. The van der Waals surface area contributed by atoms with E-state index in [4.69, 9.17) is 14.9 Å². The molecular formula is C23H26O5. The number of carboxylic acids is 2. The second-order valence-corrected chi connectivity index (χ2v) is 6.68. The molecule has 0 bridgehead atoms. The van der Waals surface area contributed by atoms with Gasteiger partial charge in [0, 0.05) is 11.5 Å². The lowest BCUT2D eigenvalue weighted by Gasteiger charge is -2.20. The molecule has 3 rings (SSSR count). The van der Waals surface area contributed by atoms with Gasteiger partial charge in [0.05, 0.1) is 12.3 Å². The van der Waals surface area contributed by atoms with Crippen LogP contribution in [0.3, 0.4) is 0 Å². The summed E-state index contributed by atoms with van der Waals surface area (Å²) in [5.74, 6) is -1.27. The van der Waals surface area contributed by atoms with Gasteiger partial charge in [0.15, 0.2) is 0 Å². The van der Waals surface area contributed by atoms with Gasteiger partial charge in [0.2, 0.25) is 0 Å². The molecule has 0 aliphatic heterocycles. The Balaban J connectivity index is 0.000000209. The Bertz CT molecular complexity index is 760. The minimum absolute atomic E-state index is 0.0116. The molecule has 0 unspecified atom stereocenters. The van der Waals surface area contributed by atoms with Crippen LogP contribution < -0.4 is 4.74 Å². The first-order valence-corrected chi connectivity index (χ1v) is 9.40. The monoisotopic (exact) mass is 382 g/mol. The van der Waals surface area contributed by atoms with Crippen LogP contribution in [0.25, 0.3) is 0 Å². The summed E-state index contributed by atoms with van der Waals surface area (Å²) in [6, 6.07) is 8.96. The molecule has 0 saturated heterocycles. The van der Waals surface area contributed by atoms with E-state index in [1.165, 1.54) is 11.1 Å². The first-order valence-electron chi connectivity index (χ1n) is 9.40. The Morgan fingerprint density at radius 1 is 1.00 bits per heavy atom. The second-order valence-electron chi connectivity index (χ2n) is 6.68. The fourth-order valence-electron chi connectivity index (χ4n) is 3.39. The molecule has 2 aliphatic rings. The molecule has 0 amide bonds. The number of hydrogen-bond donors (Lipinski definition) is 2. The van der Waals surface area contributed by atoms with E-state index in [-0.39, 0.29) is 5.92 Å². The van der Waals surface area contributed by atoms with Gasteiger partial charge in [0.1, 0.15) is 5.75 Å². The average Bonchev–Trinajstić information content (AvgIpc) is 3.38. The lowest BCUT2D eigenvalue weighted by Crippen LogP contribution is -2.15. The number of carboxylic acid groups (broad SMARTS) is 2. The third-order valence-electron chi connectivity index (χ3n) is 4.67. The Hall–Kier alpha value is -3.08. The van der Waals surface area contributed by atoms with Gasteiger partial charge in [-0.25, -0.2) is 9.59 Å². The van der Waals surface area contributed by atoms with E-state index < -0.39 is 11.9 Å². The Kier molecular flexibility index (Phi) is 8.28. The summed E-state index contributed by atoms with van der Waals surface area (Å²) in [7, 11) is 0. The molecule has 5 nitrogen and oxygen atoms in total. The van der Waals surface area contributed by atoms with E-state index in [1.54, 1.807) is 12.1 Å². The zero-order valence-electron chi connectivity index (χ0n) is 15.8. The number of ether oxygens (including phenoxy) is 1. The van der Waals surface area contributed by atoms with Crippen molar-refractivity contribution in [3.63, 3.8) is 0 Å². The summed E-state index contributed by atoms with van der Waals surface area (Å²) in [6.07, 6.45) is 13.1. The van der Waals surface area contributed by atoms with Gasteiger partial charge in [-0.2, -0.15) is 0 Å². The van der Waals surface area contributed by atoms with Crippen molar-refractivity contribution in [1.82, 2.24) is 0 Å². The third kappa shape index (κ3) is 6.58. The number of para-hydroxylation sites is 1. The van der Waals surface area contributed by atoms with Crippen LogP contribution >= 0.6 is 0 Å². The lowest BCUT2D eigenvalue weighted by atomic mass is 9.84. The molecule has 2 N–H and O–H groups in total. The van der Waals surface area contributed by atoms with Crippen LogP contribution in [0.1, 0.15) is 38.5 Å². The molecule has 1 aromatic rings. The van der Waals surface area contributed by atoms with E-state index in [9.17, 15) is 9.59 Å². The van der Waals surface area contributed by atoms with E-state index in [1.807, 2.05) is 18.2 Å². The molecule has 148 valence electrons. The van der Waals surface area contributed by atoms with Crippen molar-refractivity contribution in [3.8, 4) is 5.75 Å². The molecule has 5 heteroatoms. The number of rotatable bonds is 7. The van der Waals surface area contributed by atoms with Crippen molar-refractivity contribution in [3.05, 3.63) is 78.1 Å². The highest BCUT2D eigenvalue weighted by Crippen LogP contribution is 2.38. The summed E-state index contributed by atoms with van der Waals surface area (Å²) in [5, 5.41) is 17.3. The van der Waals surface area contributed by atoms with Crippen molar-refractivity contribution in [2.24, 2.45) is 5.92 Å². The summed E-state index contributed by atoms with van der Waals surface area (Å²) in [5.41, 5.74) is 2.90. The number of allylic oxidation sites excluding steroid dienone is 4. The van der Waals surface area contributed by atoms with E-state index >= 15 is 0 Å². The molecule has 0 radical (unpaired) electrons. The molecular weight excluding hydrogens is 356 g/mol. The number of hydrogen-bond acceptors (Lipinski definition) is 3. The quantitative estimate of drug-likeness (QED) is 0.388. The Labute approximate surface area is 165 Å². The predicted molar refractivity (Wildman–Crippen MR) is 108 cm³/mol. The Morgan fingerprint density at radius 3 is 2.00 bits per heavy atom. The highest BCUT2D eigenvalue weighted by molar-refractivity contribution is 5.88. The van der Waals surface area contributed by atoms with Gasteiger partial charge in [-0.15, -0.1) is 0 Å². The van der Waals surface area contributed by atoms with Crippen molar-refractivity contribution in [2.45, 2.75) is 38.5 Å². The van der Waals surface area contributed by atoms with Gasteiger partial charge in [-0.1, -0.05) is 48.1 Å². The SMILES string of the molecule is C=C(C(=O)O)C(C1=CCCC1)C1=CCCC1.O=C(O)C=COc1ccccc1. The minimum atomic E-state index is -1.02. The third-order valence-corrected chi connectivity index (χ3v) is 4.67. The maximum atomic E-state index is 11.1. The molecule has 0 spiro atoms. The van der Waals surface area contributed by atoms with Gasteiger partial charge < -0.3 is 14.9 Å². The van der Waals surface area contributed by atoms with Crippen LogP contribution in [0.4, 0.5) is 0 Å². The van der Waals surface area contributed by atoms with Crippen molar-refractivity contribution in [1.29, 1.82) is 0 Å². The normalized spacial score (nSPS) is 15.6. The fourth-order valence-corrected chi connectivity index (χ4v) is 3.39. The van der Waals surface area contributed by atoms with E-state index in [0.29, 0.717) is 11.3 Å². The predicted octanol–water partition coefficient (Wildman–Crippen LogP) is 5.13. The van der Waals surface area contributed by atoms with Gasteiger partial charge in [-0.3, -0.25) is 0 Å². The van der Waals surface area contributed by atoms with E-state index in [0.717, 1.165) is 50.9 Å². The zero-order valence-corrected chi connectivity index (χ0v) is 15.8. The molecule has 28 heavy (non-hydrogen) atoms. The van der Waals surface area contributed by atoms with Crippen LogP contribution in [0, 0.1) is 5.92 Å². The summed E-state index contributed by atoms with van der Waals surface area (Å²) in [6.45, 7) is 3.76. The van der Waals surface area contributed by atoms with Gasteiger partial charge in [-0.05, 0) is 50.7 Å². The topological polar surface area (TPSA) is 83.8 Å². The molecule has 0 heterocycles. The van der Waals surface area contributed by atoms with Crippen LogP contribution in [0.2, 0.25) is 0 Å². The van der Waals surface area contributed by atoms with Gasteiger partial charge in [0.25, 0.3) is 0 Å². The zero-order chi connectivity index (χ0) is 20.4. The van der Waals surface area contributed by atoms with Crippen LogP contribution in [0.15, 0.2) is 78.1 Å². The maximum absolute atomic E-state index is 11.1. The summed E-state index contributed by atoms with van der Waals surface area (Å²) >= 11 is 0. The molecule has 0 atom stereocenters. The number of aliphatic carboxylic acids is 2. The molecule has 0 saturated carbocycles. The molecule has 0 aromatic heterocycles. The van der Waals surface area contributed by atoms with Crippen molar-refractivity contribution in [2.75, 3.05) is 0 Å². The maximum Gasteiger partial charge on any atom is 0.331 e. The second kappa shape index (κ2) is 10.9. The lowest BCUT2D eigenvalue weighted by molar-refractivity contribution is -0.133. The fraction of sp³-hybridized carbons (Fsp3) is 0.304. The largest absolute Gasteiger partial charge is 0.478 e. The minimum Gasteiger partial charge on any atom is -0.478 e. The number of benzene rings is 1. The summed E-state index contributed by atoms with van der Waals surface area (Å²) < 4.78 is 4.96. The molecule has 1 aromatic carbocycles. The molecule has 0 fully saturated rings. The highest BCUT2D eigenvalue weighted by Gasteiger charge is 2.28. The standard InChI is InChI=1S/C14H18O2.C9H8O3/c1-10(14(15)16)13(11-6-2-3-7-11)12-8-4-5-9-12;10-9(11)6-7-12-8-4-2-1-3-5-8/h6,8,13H,1-5,7,9H2,(H,15,16);1-7H,(H,10,11). The van der Waals surface area contributed by atoms with Crippen molar-refractivity contribution >= 4 is 11.9 Å².